The summed E-state index contributed by atoms with van der Waals surface area (Å²) in [6.45, 7) is 0.138. The maximum absolute atomic E-state index is 11.7. The fourth-order valence-electron chi connectivity index (χ4n) is 1.45. The molecule has 7 heteroatoms. The van der Waals surface area contributed by atoms with E-state index in [0.29, 0.717) is 16.6 Å². The van der Waals surface area contributed by atoms with E-state index in [1.807, 2.05) is 0 Å². The van der Waals surface area contributed by atoms with Crippen LogP contribution in [0.2, 0.25) is 10.0 Å². The normalized spacial score (nSPS) is 10.1. The molecule has 1 aromatic carbocycles. The van der Waals surface area contributed by atoms with Gasteiger partial charge in [-0.3, -0.25) is 9.59 Å². The van der Waals surface area contributed by atoms with Gasteiger partial charge in [0.2, 0.25) is 11.8 Å². The Bertz CT molecular complexity index is 460. The quantitative estimate of drug-likeness (QED) is 0.853. The summed E-state index contributed by atoms with van der Waals surface area (Å²) in [6, 6.07) is 5.08. The van der Waals surface area contributed by atoms with E-state index < -0.39 is 0 Å². The highest BCUT2D eigenvalue weighted by molar-refractivity contribution is 6.34. The summed E-state index contributed by atoms with van der Waals surface area (Å²) in [4.78, 5) is 24.2. The Morgan fingerprint density at radius 3 is 2.37 bits per heavy atom. The van der Waals surface area contributed by atoms with Crippen LogP contribution in [0.3, 0.4) is 0 Å². The van der Waals surface area contributed by atoms with Gasteiger partial charge in [0, 0.05) is 23.6 Å². The molecule has 0 aromatic heterocycles. The lowest BCUT2D eigenvalue weighted by atomic mass is 10.2. The average Bonchev–Trinajstić information content (AvgIpc) is 2.33. The standard InChI is InChI=1S/C12H15Cl2N3O2/c1-17(12(19)6-16-11(18)5-15)7-8-2-9(13)4-10(14)3-8/h2-4H,5-7,15H2,1H3,(H,16,18). The van der Waals surface area contributed by atoms with E-state index in [1.54, 1.807) is 25.2 Å². The van der Waals surface area contributed by atoms with Crippen molar-refractivity contribution in [2.75, 3.05) is 20.1 Å². The van der Waals surface area contributed by atoms with E-state index in [1.165, 1.54) is 4.90 Å². The number of benzene rings is 1. The molecule has 2 amide bonds. The maximum Gasteiger partial charge on any atom is 0.242 e. The molecule has 0 heterocycles. The number of carbonyl (C=O) groups excluding carboxylic acids is 2. The highest BCUT2D eigenvalue weighted by atomic mass is 35.5. The molecule has 1 rings (SSSR count). The van der Waals surface area contributed by atoms with Crippen molar-refractivity contribution in [3.8, 4) is 0 Å². The Labute approximate surface area is 121 Å². The van der Waals surface area contributed by atoms with Crippen molar-refractivity contribution in [3.05, 3.63) is 33.8 Å². The molecule has 0 radical (unpaired) electrons. The van der Waals surface area contributed by atoms with Gasteiger partial charge in [0.15, 0.2) is 0 Å². The fourth-order valence-corrected chi connectivity index (χ4v) is 2.02. The van der Waals surface area contributed by atoms with Crippen molar-refractivity contribution in [3.63, 3.8) is 0 Å². The number of hydrogen-bond donors (Lipinski definition) is 2. The van der Waals surface area contributed by atoms with E-state index in [9.17, 15) is 9.59 Å². The third-order valence-electron chi connectivity index (χ3n) is 2.39. The summed E-state index contributed by atoms with van der Waals surface area (Å²) in [5.74, 6) is -0.592. The smallest absolute Gasteiger partial charge is 0.242 e. The number of nitrogens with one attached hydrogen (secondary N) is 1. The highest BCUT2D eigenvalue weighted by Crippen LogP contribution is 2.19. The van der Waals surface area contributed by atoms with E-state index in [2.05, 4.69) is 5.32 Å². The van der Waals surface area contributed by atoms with Crippen molar-refractivity contribution in [2.45, 2.75) is 6.54 Å². The Morgan fingerprint density at radius 2 is 1.84 bits per heavy atom. The first-order valence-electron chi connectivity index (χ1n) is 5.58. The highest BCUT2D eigenvalue weighted by Gasteiger charge is 2.11. The van der Waals surface area contributed by atoms with Gasteiger partial charge >= 0.3 is 0 Å². The van der Waals surface area contributed by atoms with Crippen molar-refractivity contribution in [1.82, 2.24) is 10.2 Å². The Hall–Kier alpha value is -1.30. The molecule has 0 bridgehead atoms. The first-order chi connectivity index (χ1) is 8.92. The van der Waals surface area contributed by atoms with Crippen LogP contribution in [-0.2, 0) is 16.1 Å². The van der Waals surface area contributed by atoms with Crippen LogP contribution in [-0.4, -0.2) is 36.9 Å². The molecule has 0 spiro atoms. The number of carbonyl (C=O) groups is 2. The van der Waals surface area contributed by atoms with E-state index in [0.717, 1.165) is 5.56 Å². The zero-order chi connectivity index (χ0) is 14.4. The molecule has 0 aliphatic rings. The Morgan fingerprint density at radius 1 is 1.26 bits per heavy atom. The lowest BCUT2D eigenvalue weighted by Crippen LogP contribution is -2.40. The van der Waals surface area contributed by atoms with Gasteiger partial charge in [0.25, 0.3) is 0 Å². The molecule has 3 N–H and O–H groups in total. The molecule has 1 aromatic rings. The van der Waals surface area contributed by atoms with E-state index in [-0.39, 0.29) is 24.9 Å². The molecule has 0 saturated heterocycles. The predicted octanol–water partition coefficient (Wildman–Crippen LogP) is 1.03. The summed E-state index contributed by atoms with van der Waals surface area (Å²) < 4.78 is 0. The van der Waals surface area contributed by atoms with Crippen LogP contribution >= 0.6 is 23.2 Å². The number of hydrogen-bond acceptors (Lipinski definition) is 3. The Balaban J connectivity index is 2.56. The summed E-state index contributed by atoms with van der Waals surface area (Å²) in [5.41, 5.74) is 5.94. The molecule has 0 saturated carbocycles. The summed E-state index contributed by atoms with van der Waals surface area (Å²) in [5, 5.41) is 3.44. The molecule has 0 fully saturated rings. The topological polar surface area (TPSA) is 75.4 Å². The number of nitrogens with zero attached hydrogens (tertiary/aromatic N) is 1. The van der Waals surface area contributed by atoms with E-state index in [4.69, 9.17) is 28.9 Å². The molecule has 5 nitrogen and oxygen atoms in total. The second-order valence-corrected chi connectivity index (χ2v) is 4.88. The van der Waals surface area contributed by atoms with Gasteiger partial charge in [-0.05, 0) is 23.8 Å². The van der Waals surface area contributed by atoms with Crippen LogP contribution in [0.5, 0.6) is 0 Å². The lowest BCUT2D eigenvalue weighted by molar-refractivity contribution is -0.131. The minimum atomic E-state index is -0.368. The lowest BCUT2D eigenvalue weighted by Gasteiger charge is -2.17. The SMILES string of the molecule is CN(Cc1cc(Cl)cc(Cl)c1)C(=O)CNC(=O)CN. The zero-order valence-corrected chi connectivity index (χ0v) is 12.0. The van der Waals surface area contributed by atoms with Gasteiger partial charge in [0.05, 0.1) is 13.1 Å². The summed E-state index contributed by atoms with van der Waals surface area (Å²) in [6.07, 6.45) is 0. The summed E-state index contributed by atoms with van der Waals surface area (Å²) >= 11 is 11.8. The monoisotopic (exact) mass is 303 g/mol. The maximum atomic E-state index is 11.7. The minimum absolute atomic E-state index is 0.0825. The molecule has 0 aliphatic heterocycles. The van der Waals surface area contributed by atoms with Gasteiger partial charge in [-0.15, -0.1) is 0 Å². The number of amides is 2. The van der Waals surface area contributed by atoms with Crippen LogP contribution < -0.4 is 11.1 Å². The van der Waals surface area contributed by atoms with Crippen LogP contribution in [0.4, 0.5) is 0 Å². The van der Waals surface area contributed by atoms with Crippen LogP contribution in [0.15, 0.2) is 18.2 Å². The predicted molar refractivity (Wildman–Crippen MR) is 75.0 cm³/mol. The molecule has 19 heavy (non-hydrogen) atoms. The second-order valence-electron chi connectivity index (χ2n) is 4.01. The first kappa shape index (κ1) is 15.8. The van der Waals surface area contributed by atoms with Gasteiger partial charge in [-0.25, -0.2) is 0 Å². The Kier molecular flexibility index (Phi) is 6.08. The molecule has 0 atom stereocenters. The number of rotatable bonds is 5. The third kappa shape index (κ3) is 5.46. The van der Waals surface area contributed by atoms with Crippen molar-refractivity contribution >= 4 is 35.0 Å². The zero-order valence-electron chi connectivity index (χ0n) is 10.5. The molecule has 0 aliphatic carbocycles. The largest absolute Gasteiger partial charge is 0.346 e. The third-order valence-corrected chi connectivity index (χ3v) is 2.83. The number of likely N-dealkylation sites (N-methyl/N-ethyl adjacent to an activating group) is 1. The van der Waals surface area contributed by atoms with Crippen molar-refractivity contribution in [1.29, 1.82) is 0 Å². The van der Waals surface area contributed by atoms with Gasteiger partial charge in [-0.1, -0.05) is 23.2 Å². The molecule has 104 valence electrons. The van der Waals surface area contributed by atoms with Gasteiger partial charge in [0.1, 0.15) is 0 Å². The molecule has 0 unspecified atom stereocenters. The molecular weight excluding hydrogens is 289 g/mol. The van der Waals surface area contributed by atoms with Crippen LogP contribution in [0, 0.1) is 0 Å². The molecular formula is C12H15Cl2N3O2. The van der Waals surface area contributed by atoms with Gasteiger partial charge < -0.3 is 16.0 Å². The second kappa shape index (κ2) is 7.33. The van der Waals surface area contributed by atoms with Crippen molar-refractivity contribution < 1.29 is 9.59 Å². The van der Waals surface area contributed by atoms with Crippen LogP contribution in [0.1, 0.15) is 5.56 Å². The number of nitrogens with two attached hydrogens (primary N) is 1. The number of halogens is 2. The van der Waals surface area contributed by atoms with Crippen LogP contribution in [0.25, 0.3) is 0 Å². The van der Waals surface area contributed by atoms with Crippen molar-refractivity contribution in [2.24, 2.45) is 5.73 Å². The average molecular weight is 304 g/mol. The minimum Gasteiger partial charge on any atom is -0.346 e. The summed E-state index contributed by atoms with van der Waals surface area (Å²) in [7, 11) is 1.63. The first-order valence-corrected chi connectivity index (χ1v) is 6.33. The fraction of sp³-hybridized carbons (Fsp3) is 0.333. The van der Waals surface area contributed by atoms with E-state index >= 15 is 0 Å². The van der Waals surface area contributed by atoms with Gasteiger partial charge in [-0.2, -0.15) is 0 Å².